The molecule has 2 rings (SSSR count). The molecule has 0 aromatic heterocycles. The number of rotatable bonds is 4. The zero-order valence-corrected chi connectivity index (χ0v) is 11.8. The average molecular weight is 268 g/mol. The Bertz CT molecular complexity index is 387. The summed E-state index contributed by atoms with van der Waals surface area (Å²) in [6, 6.07) is 5.72. The van der Waals surface area contributed by atoms with Crippen molar-refractivity contribution in [2.24, 2.45) is 0 Å². The molecule has 0 aliphatic carbocycles. The topological polar surface area (TPSA) is 32.5 Å². The minimum atomic E-state index is 0.767. The maximum atomic E-state index is 6.02. The SMILES string of the molecule is CCCN1CCN(Cc2cc(Cl)ccc2N)CC1. The summed E-state index contributed by atoms with van der Waals surface area (Å²) in [5.74, 6) is 0. The lowest BCUT2D eigenvalue weighted by atomic mass is 10.1. The number of nitrogen functional groups attached to an aromatic ring is 1. The zero-order valence-electron chi connectivity index (χ0n) is 11.0. The van der Waals surface area contributed by atoms with E-state index in [1.165, 1.54) is 13.0 Å². The fourth-order valence-corrected chi connectivity index (χ4v) is 2.63. The van der Waals surface area contributed by atoms with Crippen molar-refractivity contribution in [1.82, 2.24) is 9.80 Å². The van der Waals surface area contributed by atoms with Crippen LogP contribution in [0.5, 0.6) is 0 Å². The van der Waals surface area contributed by atoms with E-state index in [0.717, 1.165) is 49.0 Å². The van der Waals surface area contributed by atoms with E-state index in [9.17, 15) is 0 Å². The van der Waals surface area contributed by atoms with Crippen molar-refractivity contribution >= 4 is 17.3 Å². The van der Waals surface area contributed by atoms with Crippen LogP contribution in [-0.2, 0) is 6.54 Å². The van der Waals surface area contributed by atoms with Crippen molar-refractivity contribution in [3.8, 4) is 0 Å². The highest BCUT2D eigenvalue weighted by Crippen LogP contribution is 2.20. The number of halogens is 1. The van der Waals surface area contributed by atoms with Crippen LogP contribution in [0.4, 0.5) is 5.69 Å². The molecular formula is C14H22ClN3. The van der Waals surface area contributed by atoms with Gasteiger partial charge in [0.2, 0.25) is 0 Å². The van der Waals surface area contributed by atoms with Crippen LogP contribution in [0.25, 0.3) is 0 Å². The maximum absolute atomic E-state index is 6.02. The van der Waals surface area contributed by atoms with E-state index in [4.69, 9.17) is 17.3 Å². The Morgan fingerprint density at radius 2 is 1.83 bits per heavy atom. The molecule has 0 atom stereocenters. The minimum Gasteiger partial charge on any atom is -0.398 e. The number of hydrogen-bond donors (Lipinski definition) is 1. The fraction of sp³-hybridized carbons (Fsp3) is 0.571. The molecule has 4 heteroatoms. The van der Waals surface area contributed by atoms with Gasteiger partial charge >= 0.3 is 0 Å². The Morgan fingerprint density at radius 3 is 2.50 bits per heavy atom. The Kier molecular flexibility index (Phi) is 4.87. The second-order valence-corrected chi connectivity index (χ2v) is 5.40. The van der Waals surface area contributed by atoms with E-state index in [2.05, 4.69) is 16.7 Å². The normalized spacial score (nSPS) is 18.1. The van der Waals surface area contributed by atoms with Crippen molar-refractivity contribution in [2.75, 3.05) is 38.5 Å². The van der Waals surface area contributed by atoms with Gasteiger partial charge in [0, 0.05) is 43.4 Å². The number of nitrogens with zero attached hydrogens (tertiary/aromatic N) is 2. The van der Waals surface area contributed by atoms with Crippen molar-refractivity contribution < 1.29 is 0 Å². The number of anilines is 1. The molecule has 1 aromatic carbocycles. The molecule has 0 bridgehead atoms. The largest absolute Gasteiger partial charge is 0.398 e. The molecule has 100 valence electrons. The molecule has 1 aromatic rings. The van der Waals surface area contributed by atoms with Crippen LogP contribution in [0.3, 0.4) is 0 Å². The molecular weight excluding hydrogens is 246 g/mol. The summed E-state index contributed by atoms with van der Waals surface area (Å²) in [5, 5.41) is 0.767. The molecule has 1 heterocycles. The summed E-state index contributed by atoms with van der Waals surface area (Å²) in [6.45, 7) is 8.92. The van der Waals surface area contributed by atoms with Crippen LogP contribution < -0.4 is 5.73 Å². The van der Waals surface area contributed by atoms with E-state index >= 15 is 0 Å². The molecule has 2 N–H and O–H groups in total. The van der Waals surface area contributed by atoms with Gasteiger partial charge in [-0.1, -0.05) is 18.5 Å². The van der Waals surface area contributed by atoms with Gasteiger partial charge < -0.3 is 10.6 Å². The number of piperazine rings is 1. The predicted octanol–water partition coefficient (Wildman–Crippen LogP) is 2.45. The van der Waals surface area contributed by atoms with Crippen molar-refractivity contribution in [1.29, 1.82) is 0 Å². The first-order valence-corrected chi connectivity index (χ1v) is 7.05. The molecule has 3 nitrogen and oxygen atoms in total. The summed E-state index contributed by atoms with van der Waals surface area (Å²) < 4.78 is 0. The minimum absolute atomic E-state index is 0.767. The molecule has 0 saturated carbocycles. The molecule has 1 aliphatic heterocycles. The molecule has 0 unspecified atom stereocenters. The Balaban J connectivity index is 1.89. The van der Waals surface area contributed by atoms with E-state index in [0.29, 0.717) is 0 Å². The highest BCUT2D eigenvalue weighted by molar-refractivity contribution is 6.30. The first-order chi connectivity index (χ1) is 8.69. The van der Waals surface area contributed by atoms with E-state index in [-0.39, 0.29) is 0 Å². The molecule has 0 spiro atoms. The summed E-state index contributed by atoms with van der Waals surface area (Å²) in [7, 11) is 0. The van der Waals surface area contributed by atoms with Crippen LogP contribution >= 0.6 is 11.6 Å². The van der Waals surface area contributed by atoms with Gasteiger partial charge in [0.05, 0.1) is 0 Å². The summed E-state index contributed by atoms with van der Waals surface area (Å²) in [4.78, 5) is 4.98. The zero-order chi connectivity index (χ0) is 13.0. The maximum Gasteiger partial charge on any atom is 0.0410 e. The molecule has 18 heavy (non-hydrogen) atoms. The Labute approximate surface area is 115 Å². The van der Waals surface area contributed by atoms with Gasteiger partial charge in [-0.25, -0.2) is 0 Å². The van der Waals surface area contributed by atoms with Crippen LogP contribution in [-0.4, -0.2) is 42.5 Å². The van der Waals surface area contributed by atoms with Gasteiger partial charge in [0.25, 0.3) is 0 Å². The standard InChI is InChI=1S/C14H22ClN3/c1-2-5-17-6-8-18(9-7-17)11-12-10-13(15)3-4-14(12)16/h3-4,10H,2,5-9,11,16H2,1H3. The quantitative estimate of drug-likeness (QED) is 0.851. The lowest BCUT2D eigenvalue weighted by molar-refractivity contribution is 0.127. The van der Waals surface area contributed by atoms with Crippen molar-refractivity contribution in [3.05, 3.63) is 28.8 Å². The van der Waals surface area contributed by atoms with Crippen LogP contribution in [0.15, 0.2) is 18.2 Å². The summed E-state index contributed by atoms with van der Waals surface area (Å²) >= 11 is 6.02. The third-order valence-electron chi connectivity index (χ3n) is 3.50. The predicted molar refractivity (Wildman–Crippen MR) is 77.9 cm³/mol. The van der Waals surface area contributed by atoms with Crippen molar-refractivity contribution in [2.45, 2.75) is 19.9 Å². The summed E-state index contributed by atoms with van der Waals surface area (Å²) in [5.41, 5.74) is 7.97. The molecule has 0 radical (unpaired) electrons. The van der Waals surface area contributed by atoms with Gasteiger partial charge in [-0.2, -0.15) is 0 Å². The number of hydrogen-bond acceptors (Lipinski definition) is 3. The highest BCUT2D eigenvalue weighted by Gasteiger charge is 2.16. The van der Waals surface area contributed by atoms with Crippen LogP contribution in [0.2, 0.25) is 5.02 Å². The number of benzene rings is 1. The van der Waals surface area contributed by atoms with E-state index in [1.54, 1.807) is 0 Å². The molecule has 1 saturated heterocycles. The lowest BCUT2D eigenvalue weighted by Gasteiger charge is -2.34. The second-order valence-electron chi connectivity index (χ2n) is 4.96. The second kappa shape index (κ2) is 6.41. The summed E-state index contributed by atoms with van der Waals surface area (Å²) in [6.07, 6.45) is 1.24. The third kappa shape index (κ3) is 3.61. The number of nitrogens with two attached hydrogens (primary N) is 1. The van der Waals surface area contributed by atoms with Crippen LogP contribution in [0, 0.1) is 0 Å². The Morgan fingerprint density at radius 1 is 1.17 bits per heavy atom. The monoisotopic (exact) mass is 267 g/mol. The third-order valence-corrected chi connectivity index (χ3v) is 3.74. The van der Waals surface area contributed by atoms with E-state index < -0.39 is 0 Å². The van der Waals surface area contributed by atoms with Gasteiger partial charge in [-0.05, 0) is 36.7 Å². The fourth-order valence-electron chi connectivity index (χ4n) is 2.44. The smallest absolute Gasteiger partial charge is 0.0410 e. The van der Waals surface area contributed by atoms with Gasteiger partial charge in [0.1, 0.15) is 0 Å². The first kappa shape index (κ1) is 13.7. The van der Waals surface area contributed by atoms with E-state index in [1.807, 2.05) is 18.2 Å². The van der Waals surface area contributed by atoms with Crippen LogP contribution in [0.1, 0.15) is 18.9 Å². The lowest BCUT2D eigenvalue weighted by Crippen LogP contribution is -2.46. The average Bonchev–Trinajstić information content (AvgIpc) is 2.37. The van der Waals surface area contributed by atoms with Gasteiger partial charge in [-0.15, -0.1) is 0 Å². The first-order valence-electron chi connectivity index (χ1n) is 6.67. The van der Waals surface area contributed by atoms with Crippen molar-refractivity contribution in [3.63, 3.8) is 0 Å². The van der Waals surface area contributed by atoms with Gasteiger partial charge in [0.15, 0.2) is 0 Å². The molecule has 1 aliphatic rings. The highest BCUT2D eigenvalue weighted by atomic mass is 35.5. The van der Waals surface area contributed by atoms with Gasteiger partial charge in [-0.3, -0.25) is 4.90 Å². The molecule has 1 fully saturated rings. The Hall–Kier alpha value is -0.770. The molecule has 0 amide bonds.